The van der Waals surface area contributed by atoms with E-state index in [1.54, 1.807) is 39.3 Å². The standard InChI is InChI=1S/C20H24N2O4S/c1-4-26-19(23)15-8-5-9-16(13-15)22-20(27)21-12-11-14-7-6-10-17(24-2)18(14)25-3/h5-10,13H,4,11-12H2,1-3H3,(H2,21,22,27). The molecule has 0 unspecified atom stereocenters. The molecular formula is C20H24N2O4S. The van der Waals surface area contributed by atoms with Crippen LogP contribution in [0.2, 0.25) is 0 Å². The first kappa shape index (κ1) is 20.5. The van der Waals surface area contributed by atoms with E-state index >= 15 is 0 Å². The van der Waals surface area contributed by atoms with Gasteiger partial charge in [0.1, 0.15) is 0 Å². The molecule has 0 aromatic heterocycles. The predicted octanol–water partition coefficient (Wildman–Crippen LogP) is 3.41. The molecule has 0 aliphatic heterocycles. The van der Waals surface area contributed by atoms with Crippen molar-refractivity contribution in [2.75, 3.05) is 32.7 Å². The topological polar surface area (TPSA) is 68.8 Å². The van der Waals surface area contributed by atoms with Gasteiger partial charge in [-0.15, -0.1) is 0 Å². The summed E-state index contributed by atoms with van der Waals surface area (Å²) in [5.41, 5.74) is 2.22. The Hall–Kier alpha value is -2.80. The number of benzene rings is 2. The molecule has 0 atom stereocenters. The number of nitrogens with one attached hydrogen (secondary N) is 2. The summed E-state index contributed by atoms with van der Waals surface area (Å²) in [4.78, 5) is 11.8. The molecule has 0 aliphatic rings. The van der Waals surface area contributed by atoms with Crippen LogP contribution in [0.15, 0.2) is 42.5 Å². The summed E-state index contributed by atoms with van der Waals surface area (Å²) in [5.74, 6) is 1.07. The van der Waals surface area contributed by atoms with Crippen molar-refractivity contribution in [1.29, 1.82) is 0 Å². The zero-order valence-electron chi connectivity index (χ0n) is 15.7. The number of ether oxygens (including phenoxy) is 3. The summed E-state index contributed by atoms with van der Waals surface area (Å²) in [6, 6.07) is 12.8. The first-order valence-electron chi connectivity index (χ1n) is 8.61. The Kier molecular flexibility index (Phi) is 7.88. The Bertz CT molecular complexity index is 795. The number of para-hydroxylation sites is 1. The molecule has 0 amide bonds. The van der Waals surface area contributed by atoms with Gasteiger partial charge < -0.3 is 24.8 Å². The van der Waals surface area contributed by atoms with E-state index in [4.69, 9.17) is 26.4 Å². The fourth-order valence-electron chi connectivity index (χ4n) is 2.57. The van der Waals surface area contributed by atoms with Gasteiger partial charge in [-0.3, -0.25) is 0 Å². The van der Waals surface area contributed by atoms with E-state index in [1.807, 2.05) is 24.3 Å². The number of hydrogen-bond acceptors (Lipinski definition) is 5. The van der Waals surface area contributed by atoms with Gasteiger partial charge in [-0.05, 0) is 55.4 Å². The van der Waals surface area contributed by atoms with Crippen molar-refractivity contribution in [3.8, 4) is 11.5 Å². The molecule has 2 rings (SSSR count). The van der Waals surface area contributed by atoms with Crippen molar-refractivity contribution in [3.63, 3.8) is 0 Å². The van der Waals surface area contributed by atoms with Gasteiger partial charge in [-0.25, -0.2) is 4.79 Å². The van der Waals surface area contributed by atoms with Gasteiger partial charge in [-0.2, -0.15) is 0 Å². The van der Waals surface area contributed by atoms with E-state index in [9.17, 15) is 4.79 Å². The molecule has 144 valence electrons. The maximum Gasteiger partial charge on any atom is 0.338 e. The van der Waals surface area contributed by atoms with E-state index < -0.39 is 0 Å². The lowest BCUT2D eigenvalue weighted by atomic mass is 10.1. The molecule has 7 heteroatoms. The normalized spacial score (nSPS) is 10.0. The van der Waals surface area contributed by atoms with Crippen molar-refractivity contribution in [1.82, 2.24) is 5.32 Å². The number of esters is 1. The van der Waals surface area contributed by atoms with E-state index in [0.717, 1.165) is 17.0 Å². The van der Waals surface area contributed by atoms with E-state index in [0.29, 0.717) is 36.0 Å². The lowest BCUT2D eigenvalue weighted by Gasteiger charge is -2.14. The van der Waals surface area contributed by atoms with Crippen molar-refractivity contribution in [3.05, 3.63) is 53.6 Å². The first-order valence-corrected chi connectivity index (χ1v) is 9.01. The third kappa shape index (κ3) is 5.86. The fourth-order valence-corrected chi connectivity index (χ4v) is 2.79. The highest BCUT2D eigenvalue weighted by Gasteiger charge is 2.10. The van der Waals surface area contributed by atoms with Gasteiger partial charge in [-0.1, -0.05) is 18.2 Å². The molecule has 0 radical (unpaired) electrons. The van der Waals surface area contributed by atoms with Crippen LogP contribution in [0, 0.1) is 0 Å². The van der Waals surface area contributed by atoms with Crippen LogP contribution < -0.4 is 20.1 Å². The molecule has 0 bridgehead atoms. The monoisotopic (exact) mass is 388 g/mol. The predicted molar refractivity (Wildman–Crippen MR) is 110 cm³/mol. The van der Waals surface area contributed by atoms with Crippen LogP contribution in [0.25, 0.3) is 0 Å². The van der Waals surface area contributed by atoms with Crippen molar-refractivity contribution < 1.29 is 19.0 Å². The smallest absolute Gasteiger partial charge is 0.338 e. The van der Waals surface area contributed by atoms with Crippen LogP contribution >= 0.6 is 12.2 Å². The highest BCUT2D eigenvalue weighted by Crippen LogP contribution is 2.30. The number of hydrogen-bond donors (Lipinski definition) is 2. The number of carbonyl (C=O) groups excluding carboxylic acids is 1. The number of carbonyl (C=O) groups is 1. The average molecular weight is 388 g/mol. The third-order valence-corrected chi connectivity index (χ3v) is 4.04. The molecule has 6 nitrogen and oxygen atoms in total. The molecule has 0 heterocycles. The summed E-state index contributed by atoms with van der Waals surface area (Å²) < 4.78 is 15.7. The number of rotatable bonds is 8. The Morgan fingerprint density at radius 3 is 2.59 bits per heavy atom. The molecule has 0 saturated heterocycles. The van der Waals surface area contributed by atoms with Gasteiger partial charge in [0.15, 0.2) is 16.6 Å². The molecule has 0 fully saturated rings. The zero-order chi connectivity index (χ0) is 19.6. The zero-order valence-corrected chi connectivity index (χ0v) is 16.5. The van der Waals surface area contributed by atoms with Gasteiger partial charge in [0.2, 0.25) is 0 Å². The Morgan fingerprint density at radius 2 is 1.89 bits per heavy atom. The number of thiocarbonyl (C=S) groups is 1. The molecule has 2 aromatic carbocycles. The van der Waals surface area contributed by atoms with Crippen molar-refractivity contribution in [2.24, 2.45) is 0 Å². The number of anilines is 1. The van der Waals surface area contributed by atoms with Crippen LogP contribution in [-0.2, 0) is 11.2 Å². The van der Waals surface area contributed by atoms with E-state index in [1.165, 1.54) is 0 Å². The maximum absolute atomic E-state index is 11.8. The summed E-state index contributed by atoms with van der Waals surface area (Å²) in [6.07, 6.45) is 0.713. The molecule has 27 heavy (non-hydrogen) atoms. The van der Waals surface area contributed by atoms with E-state index in [2.05, 4.69) is 10.6 Å². The summed E-state index contributed by atoms with van der Waals surface area (Å²) in [5, 5.41) is 6.69. The summed E-state index contributed by atoms with van der Waals surface area (Å²) >= 11 is 5.33. The molecule has 0 saturated carbocycles. The lowest BCUT2D eigenvalue weighted by Crippen LogP contribution is -2.30. The largest absolute Gasteiger partial charge is 0.493 e. The summed E-state index contributed by atoms with van der Waals surface area (Å²) in [6.45, 7) is 2.73. The van der Waals surface area contributed by atoms with Crippen LogP contribution in [0.1, 0.15) is 22.8 Å². The third-order valence-electron chi connectivity index (χ3n) is 3.80. The van der Waals surface area contributed by atoms with Gasteiger partial charge in [0.05, 0.1) is 26.4 Å². The Balaban J connectivity index is 1.90. The second-order valence-corrected chi connectivity index (χ2v) is 5.99. The average Bonchev–Trinajstić information content (AvgIpc) is 2.68. The highest BCUT2D eigenvalue weighted by atomic mass is 32.1. The van der Waals surface area contributed by atoms with E-state index in [-0.39, 0.29) is 5.97 Å². The van der Waals surface area contributed by atoms with Gasteiger partial charge in [0, 0.05) is 12.2 Å². The van der Waals surface area contributed by atoms with Crippen molar-refractivity contribution in [2.45, 2.75) is 13.3 Å². The first-order chi connectivity index (χ1) is 13.1. The molecule has 2 N–H and O–H groups in total. The van der Waals surface area contributed by atoms with Crippen LogP contribution in [0.3, 0.4) is 0 Å². The Morgan fingerprint density at radius 1 is 1.11 bits per heavy atom. The minimum Gasteiger partial charge on any atom is -0.493 e. The Labute approximate surface area is 164 Å². The quantitative estimate of drug-likeness (QED) is 0.530. The second kappa shape index (κ2) is 10.4. The SMILES string of the molecule is CCOC(=O)c1cccc(NC(=S)NCCc2cccc(OC)c2OC)c1. The van der Waals surface area contributed by atoms with Gasteiger partial charge in [0.25, 0.3) is 0 Å². The van der Waals surface area contributed by atoms with Crippen LogP contribution in [0.5, 0.6) is 11.5 Å². The molecule has 2 aromatic rings. The van der Waals surface area contributed by atoms with Crippen LogP contribution in [-0.4, -0.2) is 38.5 Å². The van der Waals surface area contributed by atoms with Crippen molar-refractivity contribution >= 4 is 29.0 Å². The fraction of sp³-hybridized carbons (Fsp3) is 0.300. The maximum atomic E-state index is 11.8. The lowest BCUT2D eigenvalue weighted by molar-refractivity contribution is 0.0526. The summed E-state index contributed by atoms with van der Waals surface area (Å²) in [7, 11) is 3.24. The number of methoxy groups -OCH3 is 2. The van der Waals surface area contributed by atoms with Crippen LogP contribution in [0.4, 0.5) is 5.69 Å². The highest BCUT2D eigenvalue weighted by molar-refractivity contribution is 7.80. The molecule has 0 aliphatic carbocycles. The minimum atomic E-state index is -0.356. The molecule has 0 spiro atoms. The van der Waals surface area contributed by atoms with Gasteiger partial charge >= 0.3 is 5.97 Å². The minimum absolute atomic E-state index is 0.337. The molecular weight excluding hydrogens is 364 g/mol. The second-order valence-electron chi connectivity index (χ2n) is 5.58.